The van der Waals surface area contributed by atoms with Crippen LogP contribution in [0.3, 0.4) is 0 Å². The van der Waals surface area contributed by atoms with Gasteiger partial charge in [0.1, 0.15) is 6.10 Å². The van der Waals surface area contributed by atoms with Crippen molar-refractivity contribution in [3.8, 4) is 10.4 Å². The predicted molar refractivity (Wildman–Crippen MR) is 117 cm³/mol. The van der Waals surface area contributed by atoms with Crippen LogP contribution >= 0.6 is 11.3 Å². The maximum Gasteiger partial charge on any atom is 0.306 e. The van der Waals surface area contributed by atoms with Crippen LogP contribution in [0.25, 0.3) is 10.4 Å². The van der Waals surface area contributed by atoms with Crippen molar-refractivity contribution in [2.45, 2.75) is 63.9 Å². The summed E-state index contributed by atoms with van der Waals surface area (Å²) in [6.07, 6.45) is 9.78. The molecule has 30 heavy (non-hydrogen) atoms. The van der Waals surface area contributed by atoms with E-state index in [1.54, 1.807) is 17.4 Å². The van der Waals surface area contributed by atoms with E-state index in [2.05, 4.69) is 4.98 Å². The number of carbonyl (C=O) groups excluding carboxylic acids is 1. The lowest BCUT2D eigenvalue weighted by Gasteiger charge is -2.25. The molecule has 1 aliphatic carbocycles. The Labute approximate surface area is 181 Å². The van der Waals surface area contributed by atoms with Crippen molar-refractivity contribution in [1.82, 2.24) is 4.98 Å². The lowest BCUT2D eigenvalue weighted by Crippen LogP contribution is -2.37. The van der Waals surface area contributed by atoms with Gasteiger partial charge >= 0.3 is 5.97 Å². The monoisotopic (exact) mass is 433 g/mol. The number of hydrogen-bond donors (Lipinski definition) is 2. The van der Waals surface area contributed by atoms with Gasteiger partial charge < -0.3 is 9.47 Å². The van der Waals surface area contributed by atoms with Crippen molar-refractivity contribution in [2.24, 2.45) is 5.84 Å². The number of thiazole rings is 1. The highest BCUT2D eigenvalue weighted by atomic mass is 32.1. The zero-order valence-electron chi connectivity index (χ0n) is 17.5. The van der Waals surface area contributed by atoms with Crippen molar-refractivity contribution in [3.05, 3.63) is 35.5 Å². The second kappa shape index (κ2) is 11.4. The average molecular weight is 434 g/mol. The highest BCUT2D eigenvalue weighted by molar-refractivity contribution is 7.15. The summed E-state index contributed by atoms with van der Waals surface area (Å²) < 4.78 is 9.80. The maximum absolute atomic E-state index is 10.8. The molecule has 8 heteroatoms. The normalized spacial score (nSPS) is 16.9. The molecule has 0 radical (unpaired) electrons. The largest absolute Gasteiger partial charge is 0.457 e. The highest BCUT2D eigenvalue weighted by Gasteiger charge is 2.22. The van der Waals surface area contributed by atoms with Crippen LogP contribution in [0.15, 0.2) is 30.5 Å². The van der Waals surface area contributed by atoms with Crippen molar-refractivity contribution in [3.63, 3.8) is 0 Å². The first kappa shape index (κ1) is 22.7. The van der Waals surface area contributed by atoms with Gasteiger partial charge in [-0.2, -0.15) is 5.17 Å². The molecule has 0 spiro atoms. The van der Waals surface area contributed by atoms with Crippen molar-refractivity contribution in [2.75, 3.05) is 18.4 Å². The van der Waals surface area contributed by atoms with Gasteiger partial charge in [-0.3, -0.25) is 10.0 Å². The summed E-state index contributed by atoms with van der Waals surface area (Å²) >= 11 is 1.72. The van der Waals surface area contributed by atoms with Crippen LogP contribution < -0.4 is 11.0 Å². The number of aromatic nitrogens is 1. The third kappa shape index (κ3) is 6.25. The molecule has 164 valence electrons. The van der Waals surface area contributed by atoms with E-state index in [1.807, 2.05) is 31.3 Å². The van der Waals surface area contributed by atoms with Crippen LogP contribution in [0.4, 0.5) is 5.69 Å². The minimum Gasteiger partial charge on any atom is -0.457 e. The average Bonchev–Trinajstić information content (AvgIpc) is 3.22. The third-order valence-corrected chi connectivity index (χ3v) is 6.45. The zero-order chi connectivity index (χ0) is 21.3. The van der Waals surface area contributed by atoms with E-state index in [1.165, 1.54) is 37.1 Å². The first-order chi connectivity index (χ1) is 14.6. The number of hydrogen-bond acceptors (Lipinski definition) is 8. The van der Waals surface area contributed by atoms with Gasteiger partial charge in [0, 0.05) is 24.1 Å². The molecule has 4 rings (SSSR count). The predicted octanol–water partition coefficient (Wildman–Crippen LogP) is 4.66. The molecule has 0 atom stereocenters. The summed E-state index contributed by atoms with van der Waals surface area (Å²) in [6, 6.07) is 7.57. The number of rotatable bonds is 6. The number of esters is 1. The number of para-hydroxylation sites is 1. The van der Waals surface area contributed by atoms with Crippen molar-refractivity contribution < 1.29 is 19.5 Å². The van der Waals surface area contributed by atoms with Gasteiger partial charge in [-0.25, -0.2) is 10.8 Å². The maximum atomic E-state index is 10.8. The van der Waals surface area contributed by atoms with Gasteiger partial charge in [-0.15, -0.1) is 11.3 Å². The Morgan fingerprint density at radius 2 is 2.03 bits per heavy atom. The SMILES string of the molecule is CCCC(=O)OC1COC1.NN(O)c1ccccc1-c1cnc(C2CCCCC2)s1. The molecule has 2 heterocycles. The van der Waals surface area contributed by atoms with Crippen molar-refractivity contribution in [1.29, 1.82) is 0 Å². The summed E-state index contributed by atoms with van der Waals surface area (Å²) in [7, 11) is 0. The Hall–Kier alpha value is -2.00. The Morgan fingerprint density at radius 3 is 2.67 bits per heavy atom. The van der Waals surface area contributed by atoms with Gasteiger partial charge in [0.25, 0.3) is 0 Å². The van der Waals surface area contributed by atoms with Crippen LogP contribution in [0.5, 0.6) is 0 Å². The molecule has 3 N–H and O–H groups in total. The van der Waals surface area contributed by atoms with E-state index in [0.29, 0.717) is 36.4 Å². The minimum absolute atomic E-state index is 0.0408. The topological polar surface area (TPSA) is 97.9 Å². The number of ether oxygens (including phenoxy) is 2. The fraction of sp³-hybridized carbons (Fsp3) is 0.545. The first-order valence-electron chi connectivity index (χ1n) is 10.6. The molecular weight excluding hydrogens is 402 g/mol. The number of nitrogens with zero attached hydrogens (tertiary/aromatic N) is 2. The van der Waals surface area contributed by atoms with E-state index < -0.39 is 0 Å². The lowest BCUT2D eigenvalue weighted by molar-refractivity contribution is -0.172. The summed E-state index contributed by atoms with van der Waals surface area (Å²) in [4.78, 5) is 16.4. The second-order valence-corrected chi connectivity index (χ2v) is 8.72. The van der Waals surface area contributed by atoms with Crippen LogP contribution in [0, 0.1) is 0 Å². The van der Waals surface area contributed by atoms with Gasteiger partial charge in [-0.05, 0) is 25.3 Å². The smallest absolute Gasteiger partial charge is 0.306 e. The minimum atomic E-state index is -0.101. The van der Waals surface area contributed by atoms with Crippen LogP contribution in [0.1, 0.15) is 62.8 Å². The standard InChI is InChI=1S/C15H19N3OS.C7H12O3/c16-18(19)13-9-5-4-8-12(13)14-10-17-15(20-14)11-6-2-1-3-7-11;1-2-3-7(8)10-6-4-9-5-6/h4-5,8-11,19H,1-3,6-7,16H2;6H,2-5H2,1H3. The molecule has 0 bridgehead atoms. The quantitative estimate of drug-likeness (QED) is 0.388. The number of nitrogens with two attached hydrogens (primary N) is 1. The molecular formula is C22H31N3O4S. The number of hydrazine groups is 1. The highest BCUT2D eigenvalue weighted by Crippen LogP contribution is 2.39. The molecule has 1 aromatic heterocycles. The molecule has 2 aliphatic rings. The van der Waals surface area contributed by atoms with E-state index >= 15 is 0 Å². The zero-order valence-corrected chi connectivity index (χ0v) is 18.3. The van der Waals surface area contributed by atoms with E-state index in [9.17, 15) is 10.0 Å². The fourth-order valence-corrected chi connectivity index (χ4v) is 4.68. The summed E-state index contributed by atoms with van der Waals surface area (Å²) in [6.45, 7) is 3.11. The molecule has 1 saturated carbocycles. The molecule has 0 amide bonds. The molecule has 0 unspecified atom stereocenters. The Balaban J connectivity index is 0.000000216. The van der Waals surface area contributed by atoms with E-state index in [0.717, 1.165) is 16.9 Å². The Bertz CT molecular complexity index is 801. The van der Waals surface area contributed by atoms with Crippen LogP contribution in [-0.2, 0) is 14.3 Å². The number of anilines is 1. The number of carbonyl (C=O) groups is 1. The van der Waals surface area contributed by atoms with Gasteiger partial charge in [0.2, 0.25) is 0 Å². The van der Waals surface area contributed by atoms with Crippen LogP contribution in [0.2, 0.25) is 0 Å². The lowest BCUT2D eigenvalue weighted by atomic mass is 9.90. The molecule has 1 aromatic carbocycles. The van der Waals surface area contributed by atoms with E-state index in [-0.39, 0.29) is 12.1 Å². The summed E-state index contributed by atoms with van der Waals surface area (Å²) in [5.74, 6) is 5.98. The fourth-order valence-electron chi connectivity index (χ4n) is 3.56. The van der Waals surface area contributed by atoms with Gasteiger partial charge in [0.15, 0.2) is 0 Å². The van der Waals surface area contributed by atoms with Crippen LogP contribution in [-0.4, -0.2) is 35.5 Å². The summed E-state index contributed by atoms with van der Waals surface area (Å²) in [5, 5.41) is 11.4. The Morgan fingerprint density at radius 1 is 1.30 bits per heavy atom. The van der Waals surface area contributed by atoms with Gasteiger partial charge in [-0.1, -0.05) is 44.4 Å². The second-order valence-electron chi connectivity index (χ2n) is 7.66. The van der Waals surface area contributed by atoms with Gasteiger partial charge in [0.05, 0.1) is 28.8 Å². The molecule has 2 aromatic rings. The third-order valence-electron chi connectivity index (χ3n) is 5.25. The first-order valence-corrected chi connectivity index (χ1v) is 11.5. The summed E-state index contributed by atoms with van der Waals surface area (Å²) in [5.41, 5.74) is 1.53. The molecule has 1 saturated heterocycles. The van der Waals surface area contributed by atoms with E-state index in [4.69, 9.17) is 15.3 Å². The number of benzene rings is 1. The molecule has 1 aliphatic heterocycles. The Kier molecular flexibility index (Phi) is 8.62. The molecule has 2 fully saturated rings. The molecule has 7 nitrogen and oxygen atoms in total. The van der Waals surface area contributed by atoms with Crippen molar-refractivity contribution >= 4 is 23.0 Å².